The number of hydrogen-bond donors (Lipinski definition) is 2. The van der Waals surface area contributed by atoms with E-state index in [1.807, 2.05) is 6.92 Å². The Kier molecular flexibility index (Phi) is 6.55. The highest BCUT2D eigenvalue weighted by Crippen LogP contribution is 2.24. The predicted molar refractivity (Wildman–Crippen MR) is 111 cm³/mol. The number of imidazole rings is 1. The molecule has 0 radical (unpaired) electrons. The first-order valence-corrected chi connectivity index (χ1v) is 9.58. The number of nitrogens with one attached hydrogen (secondary N) is 1. The second-order valence-corrected chi connectivity index (χ2v) is 6.71. The second-order valence-electron chi connectivity index (χ2n) is 6.71. The summed E-state index contributed by atoms with van der Waals surface area (Å²) in [5, 5.41) is 0. The van der Waals surface area contributed by atoms with E-state index < -0.39 is 5.69 Å². The number of unbranched alkanes of at least 4 members (excludes halogenated alkanes) is 1. The summed E-state index contributed by atoms with van der Waals surface area (Å²) < 4.78 is 17.1. The molecule has 2 aromatic heterocycles. The summed E-state index contributed by atoms with van der Waals surface area (Å²) in [6, 6.07) is 5.44. The van der Waals surface area contributed by atoms with E-state index in [2.05, 4.69) is 15.0 Å². The third-order valence-electron chi connectivity index (χ3n) is 4.61. The quantitative estimate of drug-likeness (QED) is 0.398. The Morgan fingerprint density at radius 3 is 2.77 bits per heavy atom. The van der Waals surface area contributed by atoms with Gasteiger partial charge < -0.3 is 24.9 Å². The number of nitrogens with two attached hydrogens (primary N) is 1. The minimum absolute atomic E-state index is 0.112. The fraction of sp³-hybridized carbons (Fsp3) is 0.400. The molecule has 1 aromatic carbocycles. The van der Waals surface area contributed by atoms with Crippen molar-refractivity contribution in [3.8, 4) is 11.8 Å². The number of nitrogens with zero attached hydrogens (tertiary/aromatic N) is 3. The smallest absolute Gasteiger partial charge is 0.328 e. The zero-order chi connectivity index (χ0) is 21.7. The largest absolute Gasteiger partial charge is 0.496 e. The van der Waals surface area contributed by atoms with Gasteiger partial charge in [-0.15, -0.1) is 0 Å². The van der Waals surface area contributed by atoms with Crippen LogP contribution in [0.2, 0.25) is 0 Å². The first-order chi connectivity index (χ1) is 14.5. The molecule has 0 aliphatic carbocycles. The van der Waals surface area contributed by atoms with Crippen LogP contribution in [0.3, 0.4) is 0 Å². The molecule has 0 unspecified atom stereocenters. The second kappa shape index (κ2) is 9.29. The van der Waals surface area contributed by atoms with Crippen molar-refractivity contribution < 1.29 is 19.0 Å². The van der Waals surface area contributed by atoms with Crippen molar-refractivity contribution in [3.63, 3.8) is 0 Å². The monoisotopic (exact) mass is 415 g/mol. The van der Waals surface area contributed by atoms with Crippen molar-refractivity contribution in [1.29, 1.82) is 0 Å². The zero-order valence-electron chi connectivity index (χ0n) is 17.2. The standard InChI is InChI=1S/C20H25N5O5/c1-4-5-8-30-19-23-17(21)16-18(24-19)25(20(27)22-16)11-13-9-12(10-15(26)29-3)6-7-14(13)28-2/h6-7,9H,4-5,8,10-11H2,1-3H3,(H,22,27)(H2,21,23,24). The third kappa shape index (κ3) is 4.53. The summed E-state index contributed by atoms with van der Waals surface area (Å²) >= 11 is 0. The van der Waals surface area contributed by atoms with Gasteiger partial charge in [0.15, 0.2) is 11.5 Å². The molecule has 3 aromatic rings. The van der Waals surface area contributed by atoms with Crippen LogP contribution in [0.5, 0.6) is 11.8 Å². The van der Waals surface area contributed by atoms with Crippen molar-refractivity contribution >= 4 is 23.0 Å². The van der Waals surface area contributed by atoms with Crippen molar-refractivity contribution in [2.75, 3.05) is 26.6 Å². The van der Waals surface area contributed by atoms with Gasteiger partial charge in [-0.2, -0.15) is 9.97 Å². The topological polar surface area (TPSA) is 134 Å². The van der Waals surface area contributed by atoms with Crippen molar-refractivity contribution in [2.24, 2.45) is 0 Å². The van der Waals surface area contributed by atoms with Crippen LogP contribution in [0.15, 0.2) is 23.0 Å². The minimum atomic E-state index is -0.392. The number of rotatable bonds is 9. The molecule has 0 spiro atoms. The average molecular weight is 415 g/mol. The first kappa shape index (κ1) is 21.2. The third-order valence-corrected chi connectivity index (χ3v) is 4.61. The molecule has 0 aliphatic rings. The van der Waals surface area contributed by atoms with E-state index in [0.29, 0.717) is 29.1 Å². The summed E-state index contributed by atoms with van der Waals surface area (Å²) in [6.45, 7) is 2.66. The number of ether oxygens (including phenoxy) is 3. The van der Waals surface area contributed by atoms with E-state index in [9.17, 15) is 9.59 Å². The lowest BCUT2D eigenvalue weighted by molar-refractivity contribution is -0.139. The van der Waals surface area contributed by atoms with E-state index in [0.717, 1.165) is 18.4 Å². The van der Waals surface area contributed by atoms with Gasteiger partial charge in [0.25, 0.3) is 0 Å². The van der Waals surface area contributed by atoms with Crippen LogP contribution in [-0.4, -0.2) is 46.3 Å². The Morgan fingerprint density at radius 2 is 2.07 bits per heavy atom. The van der Waals surface area contributed by atoms with E-state index in [1.165, 1.54) is 18.8 Å². The SMILES string of the molecule is CCCCOc1nc(N)c2[nH]c(=O)n(Cc3cc(CC(=O)OC)ccc3OC)c2n1. The maximum absolute atomic E-state index is 12.6. The number of aromatic nitrogens is 4. The lowest BCUT2D eigenvalue weighted by Crippen LogP contribution is -2.18. The number of esters is 1. The van der Waals surface area contributed by atoms with Crippen molar-refractivity contribution in [3.05, 3.63) is 39.8 Å². The van der Waals surface area contributed by atoms with E-state index >= 15 is 0 Å². The Hall–Kier alpha value is -3.56. The minimum Gasteiger partial charge on any atom is -0.496 e. The average Bonchev–Trinajstić information content (AvgIpc) is 3.04. The van der Waals surface area contributed by atoms with Gasteiger partial charge in [-0.25, -0.2) is 4.79 Å². The van der Waals surface area contributed by atoms with Gasteiger partial charge in [0, 0.05) is 5.56 Å². The van der Waals surface area contributed by atoms with Gasteiger partial charge in [-0.3, -0.25) is 9.36 Å². The Bertz CT molecular complexity index is 1100. The molecule has 0 bridgehead atoms. The lowest BCUT2D eigenvalue weighted by atomic mass is 10.1. The van der Waals surface area contributed by atoms with Crippen LogP contribution in [0.4, 0.5) is 5.82 Å². The molecule has 30 heavy (non-hydrogen) atoms. The van der Waals surface area contributed by atoms with Gasteiger partial charge >= 0.3 is 17.7 Å². The van der Waals surface area contributed by atoms with Crippen LogP contribution in [-0.2, 0) is 22.5 Å². The predicted octanol–water partition coefficient (Wildman–Crippen LogP) is 1.65. The van der Waals surface area contributed by atoms with Gasteiger partial charge in [-0.05, 0) is 24.1 Å². The number of anilines is 1. The van der Waals surface area contributed by atoms with Crippen LogP contribution in [0, 0.1) is 0 Å². The molecule has 10 heteroatoms. The van der Waals surface area contributed by atoms with Gasteiger partial charge in [0.05, 0.1) is 33.8 Å². The fourth-order valence-electron chi connectivity index (χ4n) is 3.02. The highest BCUT2D eigenvalue weighted by molar-refractivity contribution is 5.82. The van der Waals surface area contributed by atoms with Gasteiger partial charge in [0.1, 0.15) is 11.3 Å². The van der Waals surface area contributed by atoms with E-state index in [1.54, 1.807) is 18.2 Å². The molecule has 10 nitrogen and oxygen atoms in total. The molecule has 3 rings (SSSR count). The van der Waals surface area contributed by atoms with Crippen LogP contribution in [0.25, 0.3) is 11.2 Å². The number of carbonyl (C=O) groups is 1. The molecule has 0 atom stereocenters. The molecule has 0 amide bonds. The maximum Gasteiger partial charge on any atom is 0.328 e. The van der Waals surface area contributed by atoms with Crippen LogP contribution >= 0.6 is 0 Å². The summed E-state index contributed by atoms with van der Waals surface area (Å²) in [5.74, 6) is 0.352. The molecule has 0 saturated carbocycles. The molecule has 0 aliphatic heterocycles. The van der Waals surface area contributed by atoms with Gasteiger partial charge in [-0.1, -0.05) is 19.4 Å². The maximum atomic E-state index is 12.6. The number of hydrogen-bond acceptors (Lipinski definition) is 8. The van der Waals surface area contributed by atoms with Crippen molar-refractivity contribution in [2.45, 2.75) is 32.7 Å². The molecule has 0 saturated heterocycles. The summed E-state index contributed by atoms with van der Waals surface area (Å²) in [6.07, 6.45) is 1.93. The molecule has 160 valence electrons. The number of fused-ring (bicyclic) bond motifs is 1. The van der Waals surface area contributed by atoms with Gasteiger partial charge in [0.2, 0.25) is 0 Å². The highest BCUT2D eigenvalue weighted by Gasteiger charge is 2.17. The fourth-order valence-corrected chi connectivity index (χ4v) is 3.02. The number of benzene rings is 1. The lowest BCUT2D eigenvalue weighted by Gasteiger charge is -2.12. The molecule has 3 N–H and O–H groups in total. The van der Waals surface area contributed by atoms with E-state index in [-0.39, 0.29) is 30.8 Å². The van der Waals surface area contributed by atoms with Crippen LogP contribution < -0.4 is 20.9 Å². The zero-order valence-corrected chi connectivity index (χ0v) is 17.2. The number of aromatic amines is 1. The van der Waals surface area contributed by atoms with Crippen molar-refractivity contribution in [1.82, 2.24) is 19.5 Å². The number of H-pyrrole nitrogens is 1. The number of carbonyl (C=O) groups excluding carboxylic acids is 1. The molecular weight excluding hydrogens is 390 g/mol. The van der Waals surface area contributed by atoms with Crippen LogP contribution in [0.1, 0.15) is 30.9 Å². The Labute approximate surface area is 173 Å². The summed E-state index contributed by atoms with van der Waals surface area (Å²) in [5.41, 5.74) is 7.72. The Morgan fingerprint density at radius 1 is 1.27 bits per heavy atom. The molecule has 2 heterocycles. The summed E-state index contributed by atoms with van der Waals surface area (Å²) in [4.78, 5) is 35.4. The number of nitrogen functional groups attached to an aromatic ring is 1. The number of methoxy groups -OCH3 is 2. The molecular formula is C20H25N5O5. The Balaban J connectivity index is 2.00. The van der Waals surface area contributed by atoms with E-state index in [4.69, 9.17) is 19.9 Å². The molecule has 0 fully saturated rings. The summed E-state index contributed by atoms with van der Waals surface area (Å²) in [7, 11) is 2.87. The highest BCUT2D eigenvalue weighted by atomic mass is 16.5. The first-order valence-electron chi connectivity index (χ1n) is 9.58. The normalized spacial score (nSPS) is 10.9.